The topological polar surface area (TPSA) is 46.9 Å². The quantitative estimate of drug-likeness (QED) is 0.711. The van der Waals surface area contributed by atoms with Gasteiger partial charge >= 0.3 is 0 Å². The third kappa shape index (κ3) is 4.35. The van der Waals surface area contributed by atoms with Gasteiger partial charge in [-0.25, -0.2) is 4.98 Å². The van der Waals surface area contributed by atoms with Gasteiger partial charge in [-0.15, -0.1) is 0 Å². The number of amides is 1. The number of para-hydroxylation sites is 1. The number of nitrogens with zero attached hydrogens (tertiary/aromatic N) is 2. The summed E-state index contributed by atoms with van der Waals surface area (Å²) in [6, 6.07) is 17.5. The summed E-state index contributed by atoms with van der Waals surface area (Å²) in [4.78, 5) is 21.3. The average Bonchev–Trinajstić information content (AvgIpc) is 3.16. The number of morpholine rings is 1. The minimum atomic E-state index is 0.0200. The van der Waals surface area contributed by atoms with E-state index in [0.717, 1.165) is 54.6 Å². The number of carbonyl (C=O) groups excluding carboxylic acids is 1. The SMILES string of the molecule is O=C(c1ccccc1)N(CCC[NH+]1CCOCC1)c1nc2ccccc2s1. The number of rotatable bonds is 6. The average molecular weight is 383 g/mol. The van der Waals surface area contributed by atoms with Crippen LogP contribution in [0, 0.1) is 0 Å². The lowest BCUT2D eigenvalue weighted by atomic mass is 10.2. The van der Waals surface area contributed by atoms with Crippen molar-refractivity contribution in [1.29, 1.82) is 0 Å². The number of anilines is 1. The largest absolute Gasteiger partial charge is 0.370 e. The maximum atomic E-state index is 13.2. The normalized spacial score (nSPS) is 15.1. The Balaban J connectivity index is 1.53. The van der Waals surface area contributed by atoms with Crippen molar-refractivity contribution < 1.29 is 14.4 Å². The number of quaternary nitrogens is 1. The highest BCUT2D eigenvalue weighted by Crippen LogP contribution is 2.29. The molecule has 0 saturated carbocycles. The molecule has 0 radical (unpaired) electrons. The second kappa shape index (κ2) is 8.61. The number of aromatic nitrogens is 1. The minimum Gasteiger partial charge on any atom is -0.370 e. The molecule has 6 heteroatoms. The third-order valence-electron chi connectivity index (χ3n) is 4.89. The lowest BCUT2D eigenvalue weighted by Crippen LogP contribution is -3.14. The van der Waals surface area contributed by atoms with Crippen molar-refractivity contribution in [2.24, 2.45) is 0 Å². The van der Waals surface area contributed by atoms with Crippen molar-refractivity contribution in [3.63, 3.8) is 0 Å². The highest BCUT2D eigenvalue weighted by molar-refractivity contribution is 7.22. The van der Waals surface area contributed by atoms with Crippen LogP contribution >= 0.6 is 11.3 Å². The maximum absolute atomic E-state index is 13.2. The lowest BCUT2D eigenvalue weighted by Gasteiger charge is -2.25. The van der Waals surface area contributed by atoms with E-state index >= 15 is 0 Å². The molecule has 3 aromatic rings. The molecule has 1 aromatic heterocycles. The zero-order valence-corrected chi connectivity index (χ0v) is 16.1. The number of hydrogen-bond donors (Lipinski definition) is 1. The summed E-state index contributed by atoms with van der Waals surface area (Å²) in [5.74, 6) is 0.0200. The van der Waals surface area contributed by atoms with Crippen LogP contribution < -0.4 is 9.80 Å². The van der Waals surface area contributed by atoms with E-state index in [2.05, 4.69) is 6.07 Å². The Morgan fingerprint density at radius 3 is 2.59 bits per heavy atom. The first-order valence-electron chi connectivity index (χ1n) is 9.45. The molecule has 2 heterocycles. The Morgan fingerprint density at radius 2 is 1.81 bits per heavy atom. The van der Waals surface area contributed by atoms with E-state index in [9.17, 15) is 4.79 Å². The van der Waals surface area contributed by atoms with Gasteiger partial charge in [0.25, 0.3) is 5.91 Å². The lowest BCUT2D eigenvalue weighted by molar-refractivity contribution is -0.908. The number of fused-ring (bicyclic) bond motifs is 1. The van der Waals surface area contributed by atoms with Gasteiger partial charge in [0.1, 0.15) is 13.1 Å². The zero-order valence-electron chi connectivity index (χ0n) is 15.3. The molecule has 0 unspecified atom stereocenters. The van der Waals surface area contributed by atoms with E-state index in [1.54, 1.807) is 16.2 Å². The third-order valence-corrected chi connectivity index (χ3v) is 5.95. The van der Waals surface area contributed by atoms with Crippen LogP contribution in [0.25, 0.3) is 10.2 Å². The molecule has 5 nitrogen and oxygen atoms in total. The van der Waals surface area contributed by atoms with Gasteiger partial charge in [0.2, 0.25) is 0 Å². The van der Waals surface area contributed by atoms with E-state index in [0.29, 0.717) is 12.1 Å². The Labute approximate surface area is 163 Å². The molecule has 1 N–H and O–H groups in total. The van der Waals surface area contributed by atoms with Gasteiger partial charge in [-0.3, -0.25) is 9.69 Å². The van der Waals surface area contributed by atoms with E-state index in [1.165, 1.54) is 0 Å². The van der Waals surface area contributed by atoms with Crippen molar-refractivity contribution >= 4 is 32.6 Å². The van der Waals surface area contributed by atoms with E-state index in [-0.39, 0.29) is 5.91 Å². The second-order valence-electron chi connectivity index (χ2n) is 6.75. The number of benzene rings is 2. The number of carbonyl (C=O) groups is 1. The predicted octanol–water partition coefficient (Wildman–Crippen LogP) is 2.25. The molecule has 1 fully saturated rings. The van der Waals surface area contributed by atoms with Crippen molar-refractivity contribution in [2.75, 3.05) is 44.3 Å². The van der Waals surface area contributed by atoms with Crippen LogP contribution in [0.2, 0.25) is 0 Å². The van der Waals surface area contributed by atoms with Gasteiger partial charge in [-0.05, 0) is 24.3 Å². The summed E-state index contributed by atoms with van der Waals surface area (Å²) in [5, 5.41) is 0.780. The Bertz CT molecular complexity index is 858. The van der Waals surface area contributed by atoms with Crippen LogP contribution in [-0.4, -0.2) is 50.3 Å². The van der Waals surface area contributed by atoms with Crippen molar-refractivity contribution in [2.45, 2.75) is 6.42 Å². The van der Waals surface area contributed by atoms with Crippen LogP contribution in [-0.2, 0) is 4.74 Å². The molecule has 1 saturated heterocycles. The number of ether oxygens (including phenoxy) is 1. The van der Waals surface area contributed by atoms with Gasteiger partial charge in [0.05, 0.1) is 30.0 Å². The number of hydrogen-bond acceptors (Lipinski definition) is 4. The van der Waals surface area contributed by atoms with E-state index in [1.807, 2.05) is 53.4 Å². The Kier molecular flexibility index (Phi) is 5.77. The Morgan fingerprint density at radius 1 is 1.07 bits per heavy atom. The molecule has 4 rings (SSSR count). The fourth-order valence-electron chi connectivity index (χ4n) is 3.39. The summed E-state index contributed by atoms with van der Waals surface area (Å²) in [5.41, 5.74) is 1.65. The monoisotopic (exact) mass is 382 g/mol. The summed E-state index contributed by atoms with van der Waals surface area (Å²) < 4.78 is 6.54. The molecule has 1 aliphatic heterocycles. The molecular formula is C21H24N3O2S+. The predicted molar refractivity (Wildman–Crippen MR) is 109 cm³/mol. The van der Waals surface area contributed by atoms with Crippen LogP contribution in [0.3, 0.4) is 0 Å². The fraction of sp³-hybridized carbons (Fsp3) is 0.333. The highest BCUT2D eigenvalue weighted by Gasteiger charge is 2.22. The highest BCUT2D eigenvalue weighted by atomic mass is 32.1. The van der Waals surface area contributed by atoms with Crippen molar-refractivity contribution in [1.82, 2.24) is 4.98 Å². The summed E-state index contributed by atoms with van der Waals surface area (Å²) >= 11 is 1.58. The summed E-state index contributed by atoms with van der Waals surface area (Å²) in [7, 11) is 0. The number of thiazole rings is 1. The molecule has 1 amide bonds. The fourth-order valence-corrected chi connectivity index (χ4v) is 4.38. The summed E-state index contributed by atoms with van der Waals surface area (Å²) in [6.07, 6.45) is 0.948. The van der Waals surface area contributed by atoms with Gasteiger partial charge in [0, 0.05) is 18.5 Å². The molecule has 1 aliphatic rings. The smallest absolute Gasteiger partial charge is 0.260 e. The first kappa shape index (κ1) is 18.1. The molecule has 0 aliphatic carbocycles. The molecular weight excluding hydrogens is 358 g/mol. The first-order valence-corrected chi connectivity index (χ1v) is 10.3. The van der Waals surface area contributed by atoms with Crippen molar-refractivity contribution in [3.8, 4) is 0 Å². The molecule has 0 spiro atoms. The van der Waals surface area contributed by atoms with E-state index < -0.39 is 0 Å². The Hall–Kier alpha value is -2.28. The van der Waals surface area contributed by atoms with Gasteiger partial charge in [0.15, 0.2) is 5.13 Å². The van der Waals surface area contributed by atoms with Crippen LogP contribution in [0.5, 0.6) is 0 Å². The zero-order chi connectivity index (χ0) is 18.5. The standard InChI is InChI=1S/C21H23N3O2S/c25-20(17-7-2-1-3-8-17)24(12-6-11-23-13-15-26-16-14-23)21-22-18-9-4-5-10-19(18)27-21/h1-5,7-10H,6,11-16H2/p+1. The molecule has 0 bridgehead atoms. The van der Waals surface area contributed by atoms with Gasteiger partial charge in [-0.2, -0.15) is 0 Å². The van der Waals surface area contributed by atoms with E-state index in [4.69, 9.17) is 9.72 Å². The van der Waals surface area contributed by atoms with Crippen LogP contribution in [0.1, 0.15) is 16.8 Å². The molecule has 0 atom stereocenters. The first-order chi connectivity index (χ1) is 13.3. The van der Waals surface area contributed by atoms with Crippen LogP contribution in [0.15, 0.2) is 54.6 Å². The van der Waals surface area contributed by atoms with Crippen molar-refractivity contribution in [3.05, 3.63) is 60.2 Å². The molecule has 2 aromatic carbocycles. The van der Waals surface area contributed by atoms with Gasteiger partial charge in [-0.1, -0.05) is 41.7 Å². The molecule has 140 valence electrons. The summed E-state index contributed by atoms with van der Waals surface area (Å²) in [6.45, 7) is 5.49. The second-order valence-corrected chi connectivity index (χ2v) is 7.76. The minimum absolute atomic E-state index is 0.0200. The molecule has 27 heavy (non-hydrogen) atoms. The van der Waals surface area contributed by atoms with Gasteiger partial charge < -0.3 is 9.64 Å². The number of nitrogens with one attached hydrogen (secondary N) is 1. The van der Waals surface area contributed by atoms with Crippen LogP contribution in [0.4, 0.5) is 5.13 Å². The maximum Gasteiger partial charge on any atom is 0.260 e.